The Labute approximate surface area is 97.2 Å². The molecule has 1 atom stereocenters. The fourth-order valence-corrected chi connectivity index (χ4v) is 1.48. The molecule has 0 saturated heterocycles. The summed E-state index contributed by atoms with van der Waals surface area (Å²) in [4.78, 5) is 7.74. The van der Waals surface area contributed by atoms with Crippen LogP contribution >= 0.6 is 0 Å². The zero-order chi connectivity index (χ0) is 12.9. The first-order valence-electron chi connectivity index (χ1n) is 5.13. The van der Waals surface area contributed by atoms with Crippen LogP contribution in [0, 0.1) is 0 Å². The Bertz CT molecular complexity index is 357. The van der Waals surface area contributed by atoms with Crippen LogP contribution in [0.1, 0.15) is 25.1 Å². The largest absolute Gasteiger partial charge is 0.480 e. The average Bonchev–Trinajstić information content (AvgIpc) is 2.27. The van der Waals surface area contributed by atoms with E-state index in [1.807, 2.05) is 0 Å². The molecule has 7 heteroatoms. The Morgan fingerprint density at radius 1 is 1.35 bits per heavy atom. The van der Waals surface area contributed by atoms with Gasteiger partial charge in [-0.1, -0.05) is 6.92 Å². The first-order chi connectivity index (χ1) is 7.98. The number of halogens is 3. The topological polar surface area (TPSA) is 47.0 Å². The second-order valence-corrected chi connectivity index (χ2v) is 3.38. The number of hydrogen-bond acceptors (Lipinski definition) is 4. The molecule has 96 valence electrons. The summed E-state index contributed by atoms with van der Waals surface area (Å²) in [6, 6.07) is -0.941. The highest BCUT2D eigenvalue weighted by atomic mass is 19.4. The maximum atomic E-state index is 12.4. The van der Waals surface area contributed by atoms with Crippen molar-refractivity contribution in [1.29, 1.82) is 0 Å². The fraction of sp³-hybridized carbons (Fsp3) is 0.600. The molecule has 0 radical (unpaired) electrons. The summed E-state index contributed by atoms with van der Waals surface area (Å²) >= 11 is 0. The molecule has 17 heavy (non-hydrogen) atoms. The highest BCUT2D eigenvalue weighted by Crippen LogP contribution is 2.31. The number of rotatable bonds is 5. The van der Waals surface area contributed by atoms with E-state index in [2.05, 4.69) is 15.3 Å². The van der Waals surface area contributed by atoms with Crippen LogP contribution in [0.3, 0.4) is 0 Å². The van der Waals surface area contributed by atoms with Crippen molar-refractivity contribution in [1.82, 2.24) is 15.3 Å². The van der Waals surface area contributed by atoms with Gasteiger partial charge in [0.15, 0.2) is 0 Å². The molecule has 1 rings (SSSR count). The first-order valence-corrected chi connectivity index (χ1v) is 5.13. The molecular formula is C10H14F3N3O. The van der Waals surface area contributed by atoms with Crippen molar-refractivity contribution in [2.24, 2.45) is 0 Å². The molecule has 1 unspecified atom stereocenters. The highest BCUT2D eigenvalue weighted by molar-refractivity contribution is 5.21. The number of ether oxygens (including phenoxy) is 1. The lowest BCUT2D eigenvalue weighted by molar-refractivity contribution is -0.140. The molecule has 0 fully saturated rings. The van der Waals surface area contributed by atoms with Crippen molar-refractivity contribution in [3.8, 4) is 5.88 Å². The zero-order valence-electron chi connectivity index (χ0n) is 9.58. The predicted octanol–water partition coefficient (Wildman–Crippen LogP) is 2.09. The van der Waals surface area contributed by atoms with E-state index in [9.17, 15) is 13.2 Å². The minimum atomic E-state index is -4.27. The van der Waals surface area contributed by atoms with Crippen molar-refractivity contribution < 1.29 is 17.9 Å². The number of methoxy groups -OCH3 is 1. The summed E-state index contributed by atoms with van der Waals surface area (Å²) in [5.74, 6) is 0.114. The Morgan fingerprint density at radius 2 is 2.00 bits per heavy atom. The Morgan fingerprint density at radius 3 is 2.53 bits per heavy atom. The monoisotopic (exact) mass is 249 g/mol. The summed E-state index contributed by atoms with van der Waals surface area (Å²) in [5.41, 5.74) is 0.175. The average molecular weight is 249 g/mol. The molecule has 0 aliphatic heterocycles. The van der Waals surface area contributed by atoms with Gasteiger partial charge in [-0.2, -0.15) is 13.2 Å². The molecule has 1 heterocycles. The predicted molar refractivity (Wildman–Crippen MR) is 55.7 cm³/mol. The van der Waals surface area contributed by atoms with Crippen molar-refractivity contribution >= 4 is 0 Å². The van der Waals surface area contributed by atoms with E-state index in [4.69, 9.17) is 4.74 Å². The maximum Gasteiger partial charge on any atom is 0.390 e. The Balaban J connectivity index is 2.96. The number of nitrogens with one attached hydrogen (secondary N) is 1. The zero-order valence-corrected chi connectivity index (χ0v) is 9.58. The van der Waals surface area contributed by atoms with Crippen LogP contribution < -0.4 is 10.1 Å². The van der Waals surface area contributed by atoms with Crippen molar-refractivity contribution in [2.45, 2.75) is 25.6 Å². The molecular weight excluding hydrogens is 235 g/mol. The van der Waals surface area contributed by atoms with Gasteiger partial charge in [-0.25, -0.2) is 4.98 Å². The van der Waals surface area contributed by atoms with Crippen molar-refractivity contribution in [3.05, 3.63) is 18.1 Å². The van der Waals surface area contributed by atoms with Crippen molar-refractivity contribution in [2.75, 3.05) is 13.7 Å². The van der Waals surface area contributed by atoms with Gasteiger partial charge in [0.05, 0.1) is 19.6 Å². The minimum absolute atomic E-state index is 0.114. The van der Waals surface area contributed by atoms with Crippen LogP contribution in [-0.4, -0.2) is 29.8 Å². The molecule has 1 aromatic heterocycles. The van der Waals surface area contributed by atoms with E-state index >= 15 is 0 Å². The van der Waals surface area contributed by atoms with Crippen LogP contribution in [0.15, 0.2) is 12.4 Å². The molecule has 0 spiro atoms. The Kier molecular flexibility index (Phi) is 4.68. The second kappa shape index (κ2) is 5.81. The molecule has 0 aliphatic rings. The number of alkyl halides is 3. The van der Waals surface area contributed by atoms with Gasteiger partial charge in [0.25, 0.3) is 0 Å². The third-order valence-electron chi connectivity index (χ3n) is 2.10. The van der Waals surface area contributed by atoms with Gasteiger partial charge in [0.2, 0.25) is 5.88 Å². The van der Waals surface area contributed by atoms with E-state index in [1.165, 1.54) is 19.5 Å². The number of nitrogens with zero attached hydrogens (tertiary/aromatic N) is 2. The van der Waals surface area contributed by atoms with Gasteiger partial charge in [-0.15, -0.1) is 0 Å². The number of aromatic nitrogens is 2. The molecule has 0 aliphatic carbocycles. The molecule has 0 aromatic carbocycles. The summed E-state index contributed by atoms with van der Waals surface area (Å²) in [7, 11) is 1.35. The first kappa shape index (κ1) is 13.7. The third kappa shape index (κ3) is 4.18. The van der Waals surface area contributed by atoms with Gasteiger partial charge < -0.3 is 10.1 Å². The quantitative estimate of drug-likeness (QED) is 0.868. The molecule has 1 N–H and O–H groups in total. The van der Waals surface area contributed by atoms with Crippen LogP contribution in [0.4, 0.5) is 13.2 Å². The maximum absolute atomic E-state index is 12.4. The van der Waals surface area contributed by atoms with Crippen LogP contribution in [0.2, 0.25) is 0 Å². The highest BCUT2D eigenvalue weighted by Gasteiger charge is 2.34. The van der Waals surface area contributed by atoms with Gasteiger partial charge in [-0.3, -0.25) is 4.98 Å². The van der Waals surface area contributed by atoms with E-state index < -0.39 is 18.6 Å². The summed E-state index contributed by atoms with van der Waals surface area (Å²) < 4.78 is 42.2. The smallest absolute Gasteiger partial charge is 0.390 e. The van der Waals surface area contributed by atoms with Crippen LogP contribution in [0.25, 0.3) is 0 Å². The molecule has 4 nitrogen and oxygen atoms in total. The summed E-state index contributed by atoms with van der Waals surface area (Å²) in [6.45, 7) is 2.13. The lowest BCUT2D eigenvalue weighted by Crippen LogP contribution is -2.27. The molecule has 0 bridgehead atoms. The third-order valence-corrected chi connectivity index (χ3v) is 2.10. The van der Waals surface area contributed by atoms with E-state index in [0.29, 0.717) is 6.54 Å². The van der Waals surface area contributed by atoms with Gasteiger partial charge >= 0.3 is 6.18 Å². The van der Waals surface area contributed by atoms with Crippen LogP contribution in [-0.2, 0) is 0 Å². The van der Waals surface area contributed by atoms with E-state index in [-0.39, 0.29) is 11.6 Å². The molecule has 1 aromatic rings. The lowest BCUT2D eigenvalue weighted by Gasteiger charge is -2.20. The standard InChI is InChI=1S/C10H14F3N3O/c1-3-14-7(6-10(11,12)13)8-9(17-2)16-5-4-15-8/h4-5,7,14H,3,6H2,1-2H3. The van der Waals surface area contributed by atoms with E-state index in [0.717, 1.165) is 0 Å². The lowest BCUT2D eigenvalue weighted by atomic mass is 10.1. The fourth-order valence-electron chi connectivity index (χ4n) is 1.48. The van der Waals surface area contributed by atoms with Crippen molar-refractivity contribution in [3.63, 3.8) is 0 Å². The van der Waals surface area contributed by atoms with Crippen LogP contribution in [0.5, 0.6) is 5.88 Å². The number of hydrogen-bond donors (Lipinski definition) is 1. The van der Waals surface area contributed by atoms with Gasteiger partial charge in [0.1, 0.15) is 5.69 Å². The SMILES string of the molecule is CCNC(CC(F)(F)F)c1nccnc1OC. The minimum Gasteiger partial charge on any atom is -0.480 e. The Hall–Kier alpha value is -1.37. The van der Waals surface area contributed by atoms with E-state index in [1.54, 1.807) is 6.92 Å². The summed E-state index contributed by atoms with van der Waals surface area (Å²) in [6.07, 6.45) is -2.55. The second-order valence-electron chi connectivity index (χ2n) is 3.38. The molecule has 0 saturated carbocycles. The summed E-state index contributed by atoms with van der Waals surface area (Å²) in [5, 5.41) is 2.73. The van der Waals surface area contributed by atoms with Gasteiger partial charge in [0, 0.05) is 12.4 Å². The van der Waals surface area contributed by atoms with Gasteiger partial charge in [-0.05, 0) is 6.54 Å². The molecule has 0 amide bonds. The normalized spacial score (nSPS) is 13.5.